The van der Waals surface area contributed by atoms with Crippen molar-refractivity contribution in [1.82, 2.24) is 5.32 Å². The zero-order chi connectivity index (χ0) is 13.4. The van der Waals surface area contributed by atoms with Gasteiger partial charge in [-0.1, -0.05) is 51.3 Å². The molecule has 1 N–H and O–H groups in total. The second-order valence-corrected chi connectivity index (χ2v) is 5.35. The van der Waals surface area contributed by atoms with Crippen LogP contribution in [0.4, 0.5) is 0 Å². The normalized spacial score (nSPS) is 12.7. The fourth-order valence-electron chi connectivity index (χ4n) is 2.28. The molecule has 1 aromatic rings. The van der Waals surface area contributed by atoms with Gasteiger partial charge in [0.15, 0.2) is 0 Å². The number of rotatable bonds is 8. The lowest BCUT2D eigenvalue weighted by atomic mass is 9.97. The summed E-state index contributed by atoms with van der Waals surface area (Å²) in [4.78, 5) is 0. The van der Waals surface area contributed by atoms with Gasteiger partial charge >= 0.3 is 0 Å². The molecule has 18 heavy (non-hydrogen) atoms. The molecular formula is C17H29N. The van der Waals surface area contributed by atoms with Crippen LogP contribution < -0.4 is 5.32 Å². The van der Waals surface area contributed by atoms with Gasteiger partial charge < -0.3 is 5.32 Å². The van der Waals surface area contributed by atoms with Crippen LogP contribution in [0.5, 0.6) is 0 Å². The van der Waals surface area contributed by atoms with E-state index >= 15 is 0 Å². The van der Waals surface area contributed by atoms with Gasteiger partial charge in [0.1, 0.15) is 0 Å². The molecule has 0 saturated carbocycles. The summed E-state index contributed by atoms with van der Waals surface area (Å²) in [5.74, 6) is 0. The Bertz CT molecular complexity index is 343. The lowest BCUT2D eigenvalue weighted by molar-refractivity contribution is 0.474. The highest BCUT2D eigenvalue weighted by atomic mass is 14.9. The molecule has 102 valence electrons. The largest absolute Gasteiger partial charge is 0.310 e. The van der Waals surface area contributed by atoms with Crippen LogP contribution in [-0.2, 0) is 0 Å². The van der Waals surface area contributed by atoms with E-state index in [1.165, 1.54) is 48.8 Å². The first-order valence-electron chi connectivity index (χ1n) is 7.49. The summed E-state index contributed by atoms with van der Waals surface area (Å²) >= 11 is 0. The standard InChI is InChI=1S/C17H29N/c1-5-7-8-9-17(18-12-6-2)16-11-10-14(3)15(4)13-16/h10-11,13,17-18H,5-9,12H2,1-4H3. The van der Waals surface area contributed by atoms with E-state index in [9.17, 15) is 0 Å². The number of aryl methyl sites for hydroxylation is 2. The fraction of sp³-hybridized carbons (Fsp3) is 0.647. The minimum Gasteiger partial charge on any atom is -0.310 e. The monoisotopic (exact) mass is 247 g/mol. The highest BCUT2D eigenvalue weighted by Crippen LogP contribution is 2.22. The van der Waals surface area contributed by atoms with Crippen LogP contribution in [0, 0.1) is 13.8 Å². The van der Waals surface area contributed by atoms with E-state index < -0.39 is 0 Å². The molecule has 0 aromatic heterocycles. The molecule has 0 spiro atoms. The number of hydrogen-bond donors (Lipinski definition) is 1. The summed E-state index contributed by atoms with van der Waals surface area (Å²) in [6.07, 6.45) is 6.43. The molecule has 1 heteroatoms. The van der Waals surface area contributed by atoms with Gasteiger partial charge in [0, 0.05) is 6.04 Å². The van der Waals surface area contributed by atoms with Gasteiger partial charge in [-0.15, -0.1) is 0 Å². The smallest absolute Gasteiger partial charge is 0.0320 e. The summed E-state index contributed by atoms with van der Waals surface area (Å²) in [5.41, 5.74) is 4.26. The SMILES string of the molecule is CCCCCC(NCCC)c1ccc(C)c(C)c1. The Kier molecular flexibility index (Phi) is 7.04. The summed E-state index contributed by atoms with van der Waals surface area (Å²) < 4.78 is 0. The van der Waals surface area contributed by atoms with Gasteiger partial charge in [0.2, 0.25) is 0 Å². The van der Waals surface area contributed by atoms with Crippen LogP contribution in [0.3, 0.4) is 0 Å². The topological polar surface area (TPSA) is 12.0 Å². The molecule has 1 rings (SSSR count). The zero-order valence-electron chi connectivity index (χ0n) is 12.6. The molecule has 1 nitrogen and oxygen atoms in total. The third-order valence-electron chi connectivity index (χ3n) is 3.67. The molecular weight excluding hydrogens is 218 g/mol. The van der Waals surface area contributed by atoms with Crippen molar-refractivity contribution in [3.63, 3.8) is 0 Å². The Morgan fingerprint density at radius 1 is 1.00 bits per heavy atom. The van der Waals surface area contributed by atoms with Gasteiger partial charge in [-0.05, 0) is 49.9 Å². The lowest BCUT2D eigenvalue weighted by Crippen LogP contribution is -2.22. The predicted octanol–water partition coefficient (Wildman–Crippen LogP) is 4.92. The maximum atomic E-state index is 3.69. The maximum absolute atomic E-state index is 3.69. The average Bonchev–Trinajstić information content (AvgIpc) is 2.37. The molecule has 0 fully saturated rings. The molecule has 0 aliphatic carbocycles. The molecule has 1 atom stereocenters. The number of unbranched alkanes of at least 4 members (excludes halogenated alkanes) is 2. The molecule has 1 aromatic carbocycles. The van der Waals surface area contributed by atoms with Crippen molar-refractivity contribution in [1.29, 1.82) is 0 Å². The third-order valence-corrected chi connectivity index (χ3v) is 3.67. The minimum atomic E-state index is 0.538. The fourth-order valence-corrected chi connectivity index (χ4v) is 2.28. The van der Waals surface area contributed by atoms with Crippen molar-refractivity contribution in [2.75, 3.05) is 6.54 Å². The van der Waals surface area contributed by atoms with E-state index in [0.717, 1.165) is 6.54 Å². The van der Waals surface area contributed by atoms with Crippen LogP contribution in [0.1, 0.15) is 68.7 Å². The van der Waals surface area contributed by atoms with E-state index in [1.807, 2.05) is 0 Å². The van der Waals surface area contributed by atoms with Crippen LogP contribution in [0.2, 0.25) is 0 Å². The summed E-state index contributed by atoms with van der Waals surface area (Å²) in [6.45, 7) is 10.0. The maximum Gasteiger partial charge on any atom is 0.0320 e. The summed E-state index contributed by atoms with van der Waals surface area (Å²) in [7, 11) is 0. The van der Waals surface area contributed by atoms with Crippen molar-refractivity contribution < 1.29 is 0 Å². The third kappa shape index (κ3) is 4.81. The molecule has 0 heterocycles. The second-order valence-electron chi connectivity index (χ2n) is 5.35. The van der Waals surface area contributed by atoms with Gasteiger partial charge in [0.25, 0.3) is 0 Å². The number of nitrogens with one attached hydrogen (secondary N) is 1. The van der Waals surface area contributed by atoms with Crippen molar-refractivity contribution >= 4 is 0 Å². The Morgan fingerprint density at radius 2 is 1.78 bits per heavy atom. The van der Waals surface area contributed by atoms with Crippen LogP contribution >= 0.6 is 0 Å². The lowest BCUT2D eigenvalue weighted by Gasteiger charge is -2.20. The first kappa shape index (κ1) is 15.2. The Morgan fingerprint density at radius 3 is 2.39 bits per heavy atom. The average molecular weight is 247 g/mol. The molecule has 0 saturated heterocycles. The molecule has 0 bridgehead atoms. The highest BCUT2D eigenvalue weighted by Gasteiger charge is 2.10. The summed E-state index contributed by atoms with van der Waals surface area (Å²) in [5, 5.41) is 3.69. The zero-order valence-corrected chi connectivity index (χ0v) is 12.6. The molecule has 0 aliphatic heterocycles. The molecule has 0 radical (unpaired) electrons. The quantitative estimate of drug-likeness (QED) is 0.643. The van der Waals surface area contributed by atoms with Gasteiger partial charge in [-0.25, -0.2) is 0 Å². The molecule has 1 unspecified atom stereocenters. The van der Waals surface area contributed by atoms with Crippen molar-refractivity contribution in [3.8, 4) is 0 Å². The Balaban J connectivity index is 2.70. The second kappa shape index (κ2) is 8.31. The van der Waals surface area contributed by atoms with E-state index in [4.69, 9.17) is 0 Å². The first-order chi connectivity index (χ1) is 8.69. The first-order valence-corrected chi connectivity index (χ1v) is 7.49. The highest BCUT2D eigenvalue weighted by molar-refractivity contribution is 5.31. The van der Waals surface area contributed by atoms with Gasteiger partial charge in [-0.2, -0.15) is 0 Å². The van der Waals surface area contributed by atoms with E-state index in [-0.39, 0.29) is 0 Å². The molecule has 0 amide bonds. The van der Waals surface area contributed by atoms with Gasteiger partial charge in [0.05, 0.1) is 0 Å². The molecule has 0 aliphatic rings. The Hall–Kier alpha value is -0.820. The Labute approximate surface area is 113 Å². The van der Waals surface area contributed by atoms with E-state index in [1.54, 1.807) is 0 Å². The van der Waals surface area contributed by atoms with E-state index in [2.05, 4.69) is 51.2 Å². The van der Waals surface area contributed by atoms with Gasteiger partial charge in [-0.3, -0.25) is 0 Å². The van der Waals surface area contributed by atoms with Crippen molar-refractivity contribution in [2.45, 2.75) is 65.8 Å². The van der Waals surface area contributed by atoms with Crippen molar-refractivity contribution in [3.05, 3.63) is 34.9 Å². The van der Waals surface area contributed by atoms with E-state index in [0.29, 0.717) is 6.04 Å². The van der Waals surface area contributed by atoms with Crippen LogP contribution in [0.25, 0.3) is 0 Å². The number of hydrogen-bond acceptors (Lipinski definition) is 1. The van der Waals surface area contributed by atoms with Crippen LogP contribution in [-0.4, -0.2) is 6.54 Å². The van der Waals surface area contributed by atoms with Crippen LogP contribution in [0.15, 0.2) is 18.2 Å². The number of benzene rings is 1. The minimum absolute atomic E-state index is 0.538. The summed E-state index contributed by atoms with van der Waals surface area (Å²) in [6, 6.07) is 7.44. The predicted molar refractivity (Wildman–Crippen MR) is 81.1 cm³/mol. The van der Waals surface area contributed by atoms with Crippen molar-refractivity contribution in [2.24, 2.45) is 0 Å².